The zero-order valence-electron chi connectivity index (χ0n) is 12.2. The topological polar surface area (TPSA) is 15.8 Å². The van der Waals surface area contributed by atoms with Crippen LogP contribution in [0, 0.1) is 6.92 Å². The van der Waals surface area contributed by atoms with E-state index in [0.29, 0.717) is 0 Å². The smallest absolute Gasteiger partial charge is 0.0468 e. The molecule has 0 bridgehead atoms. The molecule has 0 aliphatic heterocycles. The first-order valence-corrected chi connectivity index (χ1v) is 7.10. The highest BCUT2D eigenvalue weighted by Gasteiger charge is 2.23. The molecule has 1 N–H and O–H groups in total. The van der Waals surface area contributed by atoms with Crippen LogP contribution in [0.3, 0.4) is 0 Å². The monoisotopic (exact) mass is 251 g/mol. The first-order valence-electron chi connectivity index (χ1n) is 7.10. The van der Waals surface area contributed by atoms with Crippen molar-refractivity contribution >= 4 is 17.2 Å². The molecule has 0 saturated heterocycles. The molecule has 1 aromatic rings. The molecule has 0 saturated carbocycles. The molecule has 0 unspecified atom stereocenters. The van der Waals surface area contributed by atoms with Gasteiger partial charge in [0.1, 0.15) is 0 Å². The van der Waals surface area contributed by atoms with Crippen molar-refractivity contribution in [2.45, 2.75) is 40.5 Å². The van der Waals surface area contributed by atoms with Crippen molar-refractivity contribution in [2.75, 3.05) is 0 Å². The SMILES string of the molecule is CCC1=CCC(c2c(C)[nH]c3c2C(=C(C)C)C=C3)=C1. The van der Waals surface area contributed by atoms with Gasteiger partial charge in [0.2, 0.25) is 0 Å². The normalized spacial score (nSPS) is 16.7. The van der Waals surface area contributed by atoms with Crippen molar-refractivity contribution in [3.63, 3.8) is 0 Å². The molecule has 2 aliphatic rings. The molecule has 98 valence electrons. The van der Waals surface area contributed by atoms with E-state index in [2.05, 4.69) is 57.0 Å². The minimum Gasteiger partial charge on any atom is -0.358 e. The molecule has 0 fully saturated rings. The predicted octanol–water partition coefficient (Wildman–Crippen LogP) is 5.27. The third kappa shape index (κ3) is 1.85. The first kappa shape index (κ1) is 12.3. The highest BCUT2D eigenvalue weighted by molar-refractivity contribution is 5.97. The van der Waals surface area contributed by atoms with E-state index in [1.807, 2.05) is 0 Å². The van der Waals surface area contributed by atoms with Crippen molar-refractivity contribution in [3.05, 3.63) is 51.9 Å². The minimum absolute atomic E-state index is 1.07. The molecule has 1 heterocycles. The molecular formula is C18H21N. The van der Waals surface area contributed by atoms with Gasteiger partial charge in [-0.2, -0.15) is 0 Å². The number of allylic oxidation sites excluding steroid dienone is 7. The minimum atomic E-state index is 1.07. The van der Waals surface area contributed by atoms with Crippen LogP contribution in [0.5, 0.6) is 0 Å². The average Bonchev–Trinajstić information content (AvgIpc) is 3.02. The fraction of sp³-hybridized carbons (Fsp3) is 0.333. The lowest BCUT2D eigenvalue weighted by atomic mass is 9.95. The fourth-order valence-electron chi connectivity index (χ4n) is 3.13. The second-order valence-corrected chi connectivity index (χ2v) is 5.67. The van der Waals surface area contributed by atoms with Gasteiger partial charge in [0.15, 0.2) is 0 Å². The number of rotatable bonds is 2. The number of aromatic amines is 1. The molecular weight excluding hydrogens is 230 g/mol. The Balaban J connectivity index is 2.14. The van der Waals surface area contributed by atoms with Gasteiger partial charge in [-0.3, -0.25) is 0 Å². The van der Waals surface area contributed by atoms with E-state index in [0.717, 1.165) is 12.8 Å². The quantitative estimate of drug-likeness (QED) is 0.737. The van der Waals surface area contributed by atoms with Crippen molar-refractivity contribution in [3.8, 4) is 0 Å². The molecule has 1 heteroatoms. The highest BCUT2D eigenvalue weighted by atomic mass is 14.7. The summed E-state index contributed by atoms with van der Waals surface area (Å²) < 4.78 is 0. The van der Waals surface area contributed by atoms with Crippen molar-refractivity contribution in [1.82, 2.24) is 4.98 Å². The number of aryl methyl sites for hydroxylation is 1. The summed E-state index contributed by atoms with van der Waals surface area (Å²) in [5.74, 6) is 0. The summed E-state index contributed by atoms with van der Waals surface area (Å²) in [6, 6.07) is 0. The molecule has 1 nitrogen and oxygen atoms in total. The Morgan fingerprint density at radius 3 is 2.63 bits per heavy atom. The van der Waals surface area contributed by atoms with E-state index in [4.69, 9.17) is 0 Å². The highest BCUT2D eigenvalue weighted by Crippen LogP contribution is 2.41. The summed E-state index contributed by atoms with van der Waals surface area (Å²) in [6.07, 6.45) is 11.4. The molecule has 0 spiro atoms. The predicted molar refractivity (Wildman–Crippen MR) is 83.8 cm³/mol. The van der Waals surface area contributed by atoms with Crippen molar-refractivity contribution < 1.29 is 0 Å². The van der Waals surface area contributed by atoms with Crippen molar-refractivity contribution in [1.29, 1.82) is 0 Å². The number of aromatic nitrogens is 1. The van der Waals surface area contributed by atoms with Crippen LogP contribution in [0.25, 0.3) is 17.2 Å². The van der Waals surface area contributed by atoms with Crippen LogP contribution in [0.15, 0.2) is 29.4 Å². The van der Waals surface area contributed by atoms with Gasteiger partial charge in [0.05, 0.1) is 0 Å². The Hall–Kier alpha value is -1.76. The lowest BCUT2D eigenvalue weighted by Crippen LogP contribution is -1.89. The van der Waals surface area contributed by atoms with E-state index >= 15 is 0 Å². The Morgan fingerprint density at radius 1 is 1.21 bits per heavy atom. The summed E-state index contributed by atoms with van der Waals surface area (Å²) in [6.45, 7) is 8.80. The largest absolute Gasteiger partial charge is 0.358 e. The summed E-state index contributed by atoms with van der Waals surface area (Å²) in [5, 5.41) is 0. The van der Waals surface area contributed by atoms with E-state index in [1.165, 1.54) is 44.8 Å². The lowest BCUT2D eigenvalue weighted by Gasteiger charge is -2.08. The number of fused-ring (bicyclic) bond motifs is 1. The van der Waals surface area contributed by atoms with Gasteiger partial charge in [-0.15, -0.1) is 0 Å². The summed E-state index contributed by atoms with van der Waals surface area (Å²) in [5.41, 5.74) is 11.1. The van der Waals surface area contributed by atoms with E-state index in [9.17, 15) is 0 Å². The molecule has 0 amide bonds. The Kier molecular flexibility index (Phi) is 2.85. The summed E-state index contributed by atoms with van der Waals surface area (Å²) in [7, 11) is 0. The van der Waals surface area contributed by atoms with Gasteiger partial charge in [0.25, 0.3) is 0 Å². The van der Waals surface area contributed by atoms with Crippen molar-refractivity contribution in [2.24, 2.45) is 0 Å². The van der Waals surface area contributed by atoms with E-state index in [-0.39, 0.29) is 0 Å². The average molecular weight is 251 g/mol. The van der Waals surface area contributed by atoms with E-state index < -0.39 is 0 Å². The van der Waals surface area contributed by atoms with Crippen LogP contribution in [0.4, 0.5) is 0 Å². The molecule has 3 rings (SSSR count). The van der Waals surface area contributed by atoms with Crippen LogP contribution in [-0.2, 0) is 0 Å². The van der Waals surface area contributed by atoms with Crippen LogP contribution in [0.1, 0.15) is 56.1 Å². The second-order valence-electron chi connectivity index (χ2n) is 5.67. The van der Waals surface area contributed by atoms with Gasteiger partial charge >= 0.3 is 0 Å². The summed E-state index contributed by atoms with van der Waals surface area (Å²) >= 11 is 0. The maximum absolute atomic E-state index is 3.53. The van der Waals surface area contributed by atoms with Gasteiger partial charge in [-0.1, -0.05) is 36.3 Å². The Morgan fingerprint density at radius 2 is 2.00 bits per heavy atom. The standard InChI is InChI=1S/C18H21N/c1-5-13-6-7-14(10-13)17-12(4)19-16-9-8-15(11(2)3)18(16)17/h6,8-10,19H,5,7H2,1-4H3. The van der Waals surface area contributed by atoms with Gasteiger partial charge < -0.3 is 4.98 Å². The Bertz CT molecular complexity index is 656. The molecule has 0 radical (unpaired) electrons. The zero-order valence-corrected chi connectivity index (χ0v) is 12.2. The number of H-pyrrole nitrogens is 1. The fourth-order valence-corrected chi connectivity index (χ4v) is 3.13. The molecule has 19 heavy (non-hydrogen) atoms. The van der Waals surface area contributed by atoms with Crippen LogP contribution < -0.4 is 0 Å². The van der Waals surface area contributed by atoms with Crippen LogP contribution in [0.2, 0.25) is 0 Å². The van der Waals surface area contributed by atoms with Gasteiger partial charge in [-0.05, 0) is 50.8 Å². The molecule has 1 aromatic heterocycles. The summed E-state index contributed by atoms with van der Waals surface area (Å²) in [4.78, 5) is 3.53. The van der Waals surface area contributed by atoms with Gasteiger partial charge in [-0.25, -0.2) is 0 Å². The maximum Gasteiger partial charge on any atom is 0.0468 e. The maximum atomic E-state index is 3.53. The third-order valence-corrected chi connectivity index (χ3v) is 4.11. The Labute approximate surface area is 115 Å². The van der Waals surface area contributed by atoms with Crippen LogP contribution >= 0.6 is 0 Å². The third-order valence-electron chi connectivity index (χ3n) is 4.11. The molecule has 0 aromatic carbocycles. The number of nitrogens with one attached hydrogen (secondary N) is 1. The number of hydrogen-bond acceptors (Lipinski definition) is 0. The zero-order chi connectivity index (χ0) is 13.6. The first-order chi connectivity index (χ1) is 9.11. The van der Waals surface area contributed by atoms with E-state index in [1.54, 1.807) is 0 Å². The van der Waals surface area contributed by atoms with Crippen LogP contribution in [-0.4, -0.2) is 4.98 Å². The number of hydrogen-bond donors (Lipinski definition) is 1. The van der Waals surface area contributed by atoms with Gasteiger partial charge in [0, 0.05) is 22.5 Å². The second kappa shape index (κ2) is 4.41. The lowest BCUT2D eigenvalue weighted by molar-refractivity contribution is 1.15. The molecule has 2 aliphatic carbocycles. The molecule has 0 atom stereocenters.